The Bertz CT molecular complexity index is 938. The first-order valence-corrected chi connectivity index (χ1v) is 9.10. The zero-order chi connectivity index (χ0) is 21.4. The van der Waals surface area contributed by atoms with E-state index in [1.807, 2.05) is 24.3 Å². The van der Waals surface area contributed by atoms with E-state index in [1.54, 1.807) is 30.2 Å². The zero-order valence-electron chi connectivity index (χ0n) is 16.2. The molecule has 0 radical (unpaired) electrons. The Morgan fingerprint density at radius 1 is 1.00 bits per heavy atom. The molecule has 7 nitrogen and oxygen atoms in total. The highest BCUT2D eigenvalue weighted by molar-refractivity contribution is 5.79. The van der Waals surface area contributed by atoms with Crippen LogP contribution in [0.2, 0.25) is 0 Å². The Balaban J connectivity index is 1.45. The zero-order valence-corrected chi connectivity index (χ0v) is 16.2. The monoisotopic (exact) mass is 418 g/mol. The molecule has 0 saturated carbocycles. The van der Waals surface area contributed by atoms with Gasteiger partial charge in [0.15, 0.2) is 12.6 Å². The molecule has 3 rings (SSSR count). The summed E-state index contributed by atoms with van der Waals surface area (Å²) >= 11 is 0. The quantitative estimate of drug-likeness (QED) is 0.456. The lowest BCUT2D eigenvalue weighted by molar-refractivity contribution is -0.153. The normalized spacial score (nSPS) is 11.9. The Kier molecular flexibility index (Phi) is 6.89. The summed E-state index contributed by atoms with van der Waals surface area (Å²) in [6.07, 6.45) is -1.24. The Morgan fingerprint density at radius 3 is 2.10 bits per heavy atom. The number of nitrogens with one attached hydrogen (secondary N) is 2. The number of hydrogen-bond donors (Lipinski definition) is 2. The van der Waals surface area contributed by atoms with Gasteiger partial charge in [-0.1, -0.05) is 24.3 Å². The number of nitrogens with zero attached hydrogens (tertiary/aromatic N) is 4. The maximum Gasteiger partial charge on any atom is 0.422 e. The highest BCUT2D eigenvalue weighted by Crippen LogP contribution is 2.18. The van der Waals surface area contributed by atoms with Crippen LogP contribution in [-0.4, -0.2) is 40.6 Å². The van der Waals surface area contributed by atoms with Gasteiger partial charge in [0.25, 0.3) is 0 Å². The van der Waals surface area contributed by atoms with Gasteiger partial charge in [0, 0.05) is 20.1 Å². The largest absolute Gasteiger partial charge is 0.484 e. The molecular formula is C20H21F3N6O. The van der Waals surface area contributed by atoms with Crippen molar-refractivity contribution in [1.82, 2.24) is 25.4 Å². The van der Waals surface area contributed by atoms with Gasteiger partial charge in [0.1, 0.15) is 18.4 Å². The highest BCUT2D eigenvalue weighted by Gasteiger charge is 2.28. The van der Waals surface area contributed by atoms with E-state index in [-0.39, 0.29) is 5.75 Å². The first kappa shape index (κ1) is 21.2. The number of rotatable bonds is 7. The van der Waals surface area contributed by atoms with E-state index in [9.17, 15) is 13.2 Å². The van der Waals surface area contributed by atoms with Gasteiger partial charge < -0.3 is 15.4 Å². The first-order valence-electron chi connectivity index (χ1n) is 9.10. The molecule has 0 aliphatic carbocycles. The minimum atomic E-state index is -4.35. The van der Waals surface area contributed by atoms with Crippen LogP contribution in [0.4, 0.5) is 13.2 Å². The molecule has 2 N–H and O–H groups in total. The molecule has 0 aliphatic rings. The number of halogens is 3. The highest BCUT2D eigenvalue weighted by atomic mass is 19.4. The lowest BCUT2D eigenvalue weighted by Crippen LogP contribution is -2.36. The predicted molar refractivity (Wildman–Crippen MR) is 106 cm³/mol. The number of alkyl halides is 3. The lowest BCUT2D eigenvalue weighted by Gasteiger charge is -2.13. The third-order valence-corrected chi connectivity index (χ3v) is 4.09. The standard InChI is InChI=1S/C20H21F3N6O/c1-24-19(26-10-15-2-6-17(7-3-15)29-14-25-13-28-29)27-11-16-4-8-18(9-5-16)30-12-20(21,22)23/h2-9,13-14H,10-12H2,1H3,(H2,24,26,27). The van der Waals surface area contributed by atoms with Crippen molar-refractivity contribution >= 4 is 5.96 Å². The van der Waals surface area contributed by atoms with Crippen molar-refractivity contribution in [3.63, 3.8) is 0 Å². The van der Waals surface area contributed by atoms with E-state index < -0.39 is 12.8 Å². The molecule has 0 saturated heterocycles. The Labute approximate surface area is 171 Å². The van der Waals surface area contributed by atoms with Crippen LogP contribution in [0.15, 0.2) is 66.2 Å². The van der Waals surface area contributed by atoms with Gasteiger partial charge >= 0.3 is 6.18 Å². The Morgan fingerprint density at radius 2 is 1.60 bits per heavy atom. The van der Waals surface area contributed by atoms with Gasteiger partial charge in [-0.15, -0.1) is 0 Å². The molecule has 10 heteroatoms. The average Bonchev–Trinajstić information content (AvgIpc) is 3.28. The molecule has 0 amide bonds. The second kappa shape index (κ2) is 9.77. The van der Waals surface area contributed by atoms with Gasteiger partial charge in [0.2, 0.25) is 0 Å². The second-order valence-electron chi connectivity index (χ2n) is 6.33. The van der Waals surface area contributed by atoms with Crippen LogP contribution in [0.3, 0.4) is 0 Å². The van der Waals surface area contributed by atoms with Gasteiger partial charge in [0.05, 0.1) is 5.69 Å². The topological polar surface area (TPSA) is 76.4 Å². The van der Waals surface area contributed by atoms with Crippen molar-refractivity contribution in [2.45, 2.75) is 19.3 Å². The summed E-state index contributed by atoms with van der Waals surface area (Å²) in [7, 11) is 1.66. The number of aliphatic imine (C=N–C) groups is 1. The molecule has 0 spiro atoms. The van der Waals surface area contributed by atoms with E-state index >= 15 is 0 Å². The van der Waals surface area contributed by atoms with Gasteiger partial charge in [-0.2, -0.15) is 18.3 Å². The molecule has 1 aromatic heterocycles. The fraction of sp³-hybridized carbons (Fsp3) is 0.250. The molecule has 0 unspecified atom stereocenters. The minimum absolute atomic E-state index is 0.174. The van der Waals surface area contributed by atoms with Crippen LogP contribution in [0.1, 0.15) is 11.1 Å². The van der Waals surface area contributed by atoms with E-state index in [0.717, 1.165) is 16.8 Å². The third kappa shape index (κ3) is 6.50. The number of aromatic nitrogens is 3. The van der Waals surface area contributed by atoms with E-state index in [2.05, 4.69) is 25.7 Å². The molecule has 158 valence electrons. The molecule has 0 aliphatic heterocycles. The number of hydrogen-bond acceptors (Lipinski definition) is 4. The van der Waals surface area contributed by atoms with Crippen LogP contribution in [0, 0.1) is 0 Å². The van der Waals surface area contributed by atoms with Gasteiger partial charge in [-0.05, 0) is 35.4 Å². The molecule has 0 atom stereocenters. The van der Waals surface area contributed by atoms with Gasteiger partial charge in [-0.25, -0.2) is 9.67 Å². The van der Waals surface area contributed by atoms with Gasteiger partial charge in [-0.3, -0.25) is 4.99 Å². The van der Waals surface area contributed by atoms with Crippen LogP contribution in [0.25, 0.3) is 5.69 Å². The number of ether oxygens (including phenoxy) is 1. The van der Waals surface area contributed by atoms with E-state index in [0.29, 0.717) is 19.0 Å². The smallest absolute Gasteiger partial charge is 0.422 e. The van der Waals surface area contributed by atoms with Crippen LogP contribution in [0.5, 0.6) is 5.75 Å². The SMILES string of the molecule is CN=C(NCc1ccc(OCC(F)(F)F)cc1)NCc1ccc(-n2cncn2)cc1. The molecule has 3 aromatic rings. The number of guanidine groups is 1. The molecule has 0 bridgehead atoms. The summed E-state index contributed by atoms with van der Waals surface area (Å²) in [4.78, 5) is 8.10. The summed E-state index contributed by atoms with van der Waals surface area (Å²) in [6.45, 7) is -0.271. The molecule has 30 heavy (non-hydrogen) atoms. The minimum Gasteiger partial charge on any atom is -0.484 e. The summed E-state index contributed by atoms with van der Waals surface area (Å²) in [6, 6.07) is 14.3. The first-order chi connectivity index (χ1) is 14.4. The van der Waals surface area contributed by atoms with Crippen molar-refractivity contribution in [2.24, 2.45) is 4.99 Å². The van der Waals surface area contributed by atoms with Crippen LogP contribution < -0.4 is 15.4 Å². The van der Waals surface area contributed by atoms with Crippen LogP contribution in [-0.2, 0) is 13.1 Å². The molecular weight excluding hydrogens is 397 g/mol. The summed E-state index contributed by atoms with van der Waals surface area (Å²) in [5, 5.41) is 10.5. The summed E-state index contributed by atoms with van der Waals surface area (Å²) in [5.74, 6) is 0.778. The molecule has 0 fully saturated rings. The summed E-state index contributed by atoms with van der Waals surface area (Å²) in [5.41, 5.74) is 2.86. The fourth-order valence-electron chi connectivity index (χ4n) is 2.57. The van der Waals surface area contributed by atoms with Crippen molar-refractivity contribution in [3.8, 4) is 11.4 Å². The fourth-order valence-corrected chi connectivity index (χ4v) is 2.57. The third-order valence-electron chi connectivity index (χ3n) is 4.09. The molecule has 1 heterocycles. The second-order valence-corrected chi connectivity index (χ2v) is 6.33. The van der Waals surface area contributed by atoms with Crippen LogP contribution >= 0.6 is 0 Å². The molecule has 2 aromatic carbocycles. The van der Waals surface area contributed by atoms with Crippen molar-refractivity contribution in [1.29, 1.82) is 0 Å². The Hall–Kier alpha value is -3.56. The predicted octanol–water partition coefficient (Wildman–Crippen LogP) is 3.07. The average molecular weight is 418 g/mol. The van der Waals surface area contributed by atoms with Crippen molar-refractivity contribution < 1.29 is 17.9 Å². The van der Waals surface area contributed by atoms with E-state index in [4.69, 9.17) is 4.74 Å². The maximum atomic E-state index is 12.2. The van der Waals surface area contributed by atoms with E-state index in [1.165, 1.54) is 18.5 Å². The number of benzene rings is 2. The maximum absolute atomic E-state index is 12.2. The summed E-state index contributed by atoms with van der Waals surface area (Å²) < 4.78 is 42.9. The van der Waals surface area contributed by atoms with Crippen molar-refractivity contribution in [3.05, 3.63) is 72.3 Å². The van der Waals surface area contributed by atoms with Crippen molar-refractivity contribution in [2.75, 3.05) is 13.7 Å². The lowest BCUT2D eigenvalue weighted by atomic mass is 10.2.